The first kappa shape index (κ1) is 20.3. The second kappa shape index (κ2) is 9.14. The smallest absolute Gasteiger partial charge is 0.249 e. The van der Waals surface area contributed by atoms with E-state index in [0.717, 1.165) is 5.56 Å². The number of carbonyl (C=O) groups is 3. The fourth-order valence-electron chi connectivity index (χ4n) is 3.45. The van der Waals surface area contributed by atoms with Gasteiger partial charge in [0.05, 0.1) is 13.2 Å². The van der Waals surface area contributed by atoms with Crippen molar-refractivity contribution < 1.29 is 23.5 Å². The highest BCUT2D eigenvalue weighted by molar-refractivity contribution is 5.86. The average Bonchev–Trinajstić information content (AvgIpc) is 2.70. The molecule has 0 saturated carbocycles. The van der Waals surface area contributed by atoms with E-state index in [-0.39, 0.29) is 49.2 Å². The third-order valence-corrected chi connectivity index (χ3v) is 5.33. The Kier molecular flexibility index (Phi) is 6.61. The van der Waals surface area contributed by atoms with Gasteiger partial charge in [-0.05, 0) is 37.0 Å². The first-order chi connectivity index (χ1) is 13.4. The maximum atomic E-state index is 13.6. The van der Waals surface area contributed by atoms with Crippen LogP contribution < -0.4 is 5.32 Å². The maximum Gasteiger partial charge on any atom is 0.249 e. The second-order valence-corrected chi connectivity index (χ2v) is 7.32. The number of halogens is 1. The molecule has 28 heavy (non-hydrogen) atoms. The molecule has 0 aliphatic carbocycles. The lowest BCUT2D eigenvalue weighted by molar-refractivity contribution is -0.149. The number of piperidine rings is 1. The van der Waals surface area contributed by atoms with Crippen LogP contribution in [-0.4, -0.2) is 66.9 Å². The molecule has 1 N–H and O–H groups in total. The van der Waals surface area contributed by atoms with E-state index in [9.17, 15) is 18.8 Å². The SMILES string of the molecule is Cc1ccc(CNC(=O)C2CCN(C(=O)CN3CCOCC3=O)CC2)cc1F. The Bertz CT molecular complexity index is 747. The van der Waals surface area contributed by atoms with Crippen LogP contribution in [0.5, 0.6) is 0 Å². The molecule has 2 aliphatic heterocycles. The monoisotopic (exact) mass is 391 g/mol. The number of benzene rings is 1. The number of morpholine rings is 1. The normalized spacial score (nSPS) is 18.3. The predicted octanol–water partition coefficient (Wildman–Crippen LogP) is 0.848. The van der Waals surface area contributed by atoms with Crippen molar-refractivity contribution in [2.75, 3.05) is 39.4 Å². The van der Waals surface area contributed by atoms with E-state index < -0.39 is 0 Å². The highest BCUT2D eigenvalue weighted by atomic mass is 19.1. The molecule has 3 rings (SSSR count). The molecule has 7 nitrogen and oxygen atoms in total. The number of ether oxygens (including phenoxy) is 1. The van der Waals surface area contributed by atoms with Crippen LogP contribution in [-0.2, 0) is 25.7 Å². The highest BCUT2D eigenvalue weighted by Crippen LogP contribution is 2.18. The minimum absolute atomic E-state index is 0.0282. The number of hydrogen-bond donors (Lipinski definition) is 1. The van der Waals surface area contributed by atoms with E-state index in [4.69, 9.17) is 4.74 Å². The summed E-state index contributed by atoms with van der Waals surface area (Å²) in [4.78, 5) is 39.8. The molecular weight excluding hydrogens is 365 g/mol. The Morgan fingerprint density at radius 1 is 1.25 bits per heavy atom. The maximum absolute atomic E-state index is 13.6. The van der Waals surface area contributed by atoms with Crippen LogP contribution in [0.3, 0.4) is 0 Å². The van der Waals surface area contributed by atoms with E-state index in [1.165, 1.54) is 11.0 Å². The van der Waals surface area contributed by atoms with Crippen LogP contribution in [0.4, 0.5) is 4.39 Å². The highest BCUT2D eigenvalue weighted by Gasteiger charge is 2.29. The molecule has 0 spiro atoms. The number of nitrogens with zero attached hydrogens (tertiary/aromatic N) is 2. The van der Waals surface area contributed by atoms with E-state index in [1.54, 1.807) is 24.0 Å². The van der Waals surface area contributed by atoms with Gasteiger partial charge in [0.15, 0.2) is 0 Å². The zero-order valence-electron chi connectivity index (χ0n) is 16.1. The van der Waals surface area contributed by atoms with Gasteiger partial charge in [-0.2, -0.15) is 0 Å². The first-order valence-corrected chi connectivity index (χ1v) is 9.60. The van der Waals surface area contributed by atoms with Gasteiger partial charge < -0.3 is 19.9 Å². The van der Waals surface area contributed by atoms with E-state index >= 15 is 0 Å². The minimum atomic E-state index is -0.280. The standard InChI is InChI=1S/C20H26FN3O4/c1-14-2-3-15(10-17(14)21)11-22-20(27)16-4-6-23(7-5-16)18(25)12-24-8-9-28-13-19(24)26/h2-3,10,16H,4-9,11-13H2,1H3,(H,22,27). The average molecular weight is 391 g/mol. The van der Waals surface area contributed by atoms with Gasteiger partial charge in [-0.25, -0.2) is 4.39 Å². The Morgan fingerprint density at radius 2 is 2.00 bits per heavy atom. The Hall–Kier alpha value is -2.48. The van der Waals surface area contributed by atoms with Crippen molar-refractivity contribution in [1.29, 1.82) is 0 Å². The Labute approximate surface area is 163 Å². The van der Waals surface area contributed by atoms with E-state index in [1.807, 2.05) is 0 Å². The summed E-state index contributed by atoms with van der Waals surface area (Å²) in [7, 11) is 0. The second-order valence-electron chi connectivity index (χ2n) is 7.32. The van der Waals surface area contributed by atoms with Crippen LogP contribution in [0.1, 0.15) is 24.0 Å². The lowest BCUT2D eigenvalue weighted by atomic mass is 9.95. The molecule has 0 bridgehead atoms. The van der Waals surface area contributed by atoms with Gasteiger partial charge in [-0.1, -0.05) is 12.1 Å². The molecule has 0 aromatic heterocycles. The molecule has 152 valence electrons. The third kappa shape index (κ3) is 5.07. The molecule has 2 fully saturated rings. The molecule has 0 radical (unpaired) electrons. The number of nitrogens with one attached hydrogen (secondary N) is 1. The number of rotatable bonds is 5. The van der Waals surface area contributed by atoms with Crippen LogP contribution in [0.15, 0.2) is 18.2 Å². The molecule has 8 heteroatoms. The van der Waals surface area contributed by atoms with Gasteiger partial charge in [0.1, 0.15) is 12.4 Å². The van der Waals surface area contributed by atoms with Gasteiger partial charge >= 0.3 is 0 Å². The number of hydrogen-bond acceptors (Lipinski definition) is 4. The number of aryl methyl sites for hydroxylation is 1. The van der Waals surface area contributed by atoms with Crippen molar-refractivity contribution in [2.24, 2.45) is 5.92 Å². The van der Waals surface area contributed by atoms with Crippen molar-refractivity contribution in [3.63, 3.8) is 0 Å². The van der Waals surface area contributed by atoms with Gasteiger partial charge in [0.25, 0.3) is 0 Å². The topological polar surface area (TPSA) is 79.0 Å². The summed E-state index contributed by atoms with van der Waals surface area (Å²) in [5, 5.41) is 2.86. The molecule has 2 heterocycles. The summed E-state index contributed by atoms with van der Waals surface area (Å²) in [6.45, 7) is 3.95. The Morgan fingerprint density at radius 3 is 2.68 bits per heavy atom. The summed E-state index contributed by atoms with van der Waals surface area (Å²) < 4.78 is 18.7. The fraction of sp³-hybridized carbons (Fsp3) is 0.550. The summed E-state index contributed by atoms with van der Waals surface area (Å²) >= 11 is 0. The molecular formula is C20H26FN3O4. The molecule has 2 saturated heterocycles. The van der Waals surface area contributed by atoms with Crippen LogP contribution in [0, 0.1) is 18.7 Å². The molecule has 0 unspecified atom stereocenters. The summed E-state index contributed by atoms with van der Waals surface area (Å²) in [6.07, 6.45) is 1.16. The third-order valence-electron chi connectivity index (χ3n) is 5.33. The first-order valence-electron chi connectivity index (χ1n) is 9.60. The lowest BCUT2D eigenvalue weighted by Crippen LogP contribution is -2.50. The summed E-state index contributed by atoms with van der Waals surface area (Å²) in [5.74, 6) is -0.774. The lowest BCUT2D eigenvalue weighted by Gasteiger charge is -2.34. The molecule has 3 amide bonds. The van der Waals surface area contributed by atoms with Gasteiger partial charge in [-0.3, -0.25) is 14.4 Å². The zero-order chi connectivity index (χ0) is 20.1. The number of amides is 3. The largest absolute Gasteiger partial charge is 0.370 e. The predicted molar refractivity (Wildman–Crippen MR) is 99.7 cm³/mol. The molecule has 1 aromatic rings. The minimum Gasteiger partial charge on any atom is -0.370 e. The number of carbonyl (C=O) groups excluding carboxylic acids is 3. The van der Waals surface area contributed by atoms with E-state index in [0.29, 0.717) is 44.6 Å². The van der Waals surface area contributed by atoms with Crippen LogP contribution >= 0.6 is 0 Å². The molecule has 1 aromatic carbocycles. The molecule has 2 aliphatic rings. The molecule has 0 atom stereocenters. The van der Waals surface area contributed by atoms with Crippen molar-refractivity contribution in [3.8, 4) is 0 Å². The zero-order valence-corrected chi connectivity index (χ0v) is 16.1. The van der Waals surface area contributed by atoms with Gasteiger partial charge in [-0.15, -0.1) is 0 Å². The van der Waals surface area contributed by atoms with Crippen molar-refractivity contribution in [3.05, 3.63) is 35.1 Å². The Balaban J connectivity index is 1.42. The van der Waals surface area contributed by atoms with Crippen LogP contribution in [0.25, 0.3) is 0 Å². The van der Waals surface area contributed by atoms with Crippen molar-refractivity contribution >= 4 is 17.7 Å². The summed E-state index contributed by atoms with van der Waals surface area (Å²) in [5.41, 5.74) is 1.30. The van der Waals surface area contributed by atoms with E-state index in [2.05, 4.69) is 5.32 Å². The summed E-state index contributed by atoms with van der Waals surface area (Å²) in [6, 6.07) is 4.93. The van der Waals surface area contributed by atoms with Crippen molar-refractivity contribution in [2.45, 2.75) is 26.3 Å². The quantitative estimate of drug-likeness (QED) is 0.807. The van der Waals surface area contributed by atoms with Crippen LogP contribution in [0.2, 0.25) is 0 Å². The fourth-order valence-corrected chi connectivity index (χ4v) is 3.45. The number of likely N-dealkylation sites (tertiary alicyclic amines) is 1. The van der Waals surface area contributed by atoms with Gasteiger partial charge in [0, 0.05) is 32.1 Å². The van der Waals surface area contributed by atoms with Crippen molar-refractivity contribution in [1.82, 2.24) is 15.1 Å². The van der Waals surface area contributed by atoms with Gasteiger partial charge in [0.2, 0.25) is 17.7 Å².